The summed E-state index contributed by atoms with van der Waals surface area (Å²) in [6.45, 7) is 6.31. The topological polar surface area (TPSA) is 55.4 Å². The molecular formula is C12H23N2O2-. The van der Waals surface area contributed by atoms with Crippen LogP contribution in [0, 0.1) is 5.92 Å². The molecule has 16 heavy (non-hydrogen) atoms. The van der Waals surface area contributed by atoms with Crippen molar-refractivity contribution < 1.29 is 9.90 Å². The highest BCUT2D eigenvalue weighted by Gasteiger charge is 2.22. The fourth-order valence-corrected chi connectivity index (χ4v) is 2.19. The molecule has 0 atom stereocenters. The first-order chi connectivity index (χ1) is 7.41. The number of rotatable bonds is 3. The van der Waals surface area contributed by atoms with E-state index >= 15 is 0 Å². The Bertz CT molecular complexity index is 230. The molecular weight excluding hydrogens is 204 g/mol. The molecule has 0 saturated heterocycles. The van der Waals surface area contributed by atoms with Crippen molar-refractivity contribution in [2.75, 3.05) is 6.54 Å². The molecule has 4 nitrogen and oxygen atoms in total. The van der Waals surface area contributed by atoms with E-state index in [0.717, 1.165) is 6.54 Å². The predicted octanol–water partition coefficient (Wildman–Crippen LogP) is 1.52. The van der Waals surface area contributed by atoms with E-state index in [2.05, 4.69) is 5.43 Å². The van der Waals surface area contributed by atoms with Gasteiger partial charge in [-0.3, -0.25) is 5.01 Å². The summed E-state index contributed by atoms with van der Waals surface area (Å²) < 4.78 is 0. The number of amides is 1. The first-order valence-electron chi connectivity index (χ1n) is 6.16. The number of nitrogens with zero attached hydrogens (tertiary/aromatic N) is 1. The molecule has 1 fully saturated rings. The Morgan fingerprint density at radius 3 is 2.31 bits per heavy atom. The summed E-state index contributed by atoms with van der Waals surface area (Å²) in [4.78, 5) is 11.0. The van der Waals surface area contributed by atoms with Gasteiger partial charge in [0.2, 0.25) is 0 Å². The second-order valence-corrected chi connectivity index (χ2v) is 5.64. The van der Waals surface area contributed by atoms with E-state index < -0.39 is 11.6 Å². The van der Waals surface area contributed by atoms with Gasteiger partial charge in [-0.2, -0.15) is 0 Å². The van der Waals surface area contributed by atoms with Gasteiger partial charge in [-0.15, -0.1) is 0 Å². The molecule has 0 bridgehead atoms. The van der Waals surface area contributed by atoms with Crippen LogP contribution in [0.1, 0.15) is 52.9 Å². The number of hydrazine groups is 1. The molecule has 0 aromatic carbocycles. The van der Waals surface area contributed by atoms with Crippen LogP contribution in [-0.2, 0) is 0 Å². The Kier molecular flexibility index (Phi) is 4.59. The number of nitrogens with one attached hydrogen (secondary N) is 1. The van der Waals surface area contributed by atoms with Crippen molar-refractivity contribution in [1.82, 2.24) is 10.4 Å². The fraction of sp³-hybridized carbons (Fsp3) is 0.917. The van der Waals surface area contributed by atoms with E-state index in [9.17, 15) is 9.90 Å². The predicted molar refractivity (Wildman–Crippen MR) is 61.6 cm³/mol. The summed E-state index contributed by atoms with van der Waals surface area (Å²) in [6, 6.07) is 0. The van der Waals surface area contributed by atoms with Gasteiger partial charge < -0.3 is 9.90 Å². The fourth-order valence-electron chi connectivity index (χ4n) is 2.19. The molecule has 1 rings (SSSR count). The van der Waals surface area contributed by atoms with Crippen molar-refractivity contribution >= 4 is 6.09 Å². The van der Waals surface area contributed by atoms with Crippen molar-refractivity contribution in [3.05, 3.63) is 0 Å². The van der Waals surface area contributed by atoms with Crippen molar-refractivity contribution in [3.63, 3.8) is 0 Å². The van der Waals surface area contributed by atoms with E-state index in [1.54, 1.807) is 0 Å². The van der Waals surface area contributed by atoms with Gasteiger partial charge in [-0.05, 0) is 39.5 Å². The van der Waals surface area contributed by atoms with Crippen LogP contribution in [0.15, 0.2) is 0 Å². The maximum Gasteiger partial charge on any atom is 0.152 e. The molecule has 0 unspecified atom stereocenters. The Morgan fingerprint density at radius 1 is 1.31 bits per heavy atom. The quantitative estimate of drug-likeness (QED) is 0.744. The Morgan fingerprint density at radius 2 is 1.88 bits per heavy atom. The van der Waals surface area contributed by atoms with Crippen LogP contribution in [0.3, 0.4) is 0 Å². The molecule has 1 amide bonds. The smallest absolute Gasteiger partial charge is 0.152 e. The van der Waals surface area contributed by atoms with Gasteiger partial charge in [0.05, 0.1) is 0 Å². The number of carbonyl (C=O) groups excluding carboxylic acids is 1. The second kappa shape index (κ2) is 5.53. The lowest BCUT2D eigenvalue weighted by Gasteiger charge is -2.39. The lowest BCUT2D eigenvalue weighted by molar-refractivity contribution is -0.275. The lowest BCUT2D eigenvalue weighted by Crippen LogP contribution is -2.59. The van der Waals surface area contributed by atoms with Crippen LogP contribution >= 0.6 is 0 Å². The van der Waals surface area contributed by atoms with Crippen molar-refractivity contribution in [2.24, 2.45) is 5.92 Å². The zero-order valence-corrected chi connectivity index (χ0v) is 10.6. The average molecular weight is 227 g/mol. The minimum Gasteiger partial charge on any atom is -0.529 e. The van der Waals surface area contributed by atoms with Crippen LogP contribution in [0.2, 0.25) is 0 Å². The Labute approximate surface area is 98.0 Å². The molecule has 0 heterocycles. The number of carboxylic acid groups (broad SMARTS) is 1. The van der Waals surface area contributed by atoms with Gasteiger partial charge in [0.1, 0.15) is 0 Å². The van der Waals surface area contributed by atoms with E-state index in [4.69, 9.17) is 0 Å². The maximum atomic E-state index is 11.0. The van der Waals surface area contributed by atoms with Crippen LogP contribution < -0.4 is 10.5 Å². The highest BCUT2D eigenvalue weighted by Crippen LogP contribution is 2.23. The normalized spacial score (nSPS) is 18.4. The molecule has 4 heteroatoms. The molecule has 1 saturated carbocycles. The Balaban J connectivity index is 2.40. The minimum absolute atomic E-state index is 0.451. The van der Waals surface area contributed by atoms with Gasteiger partial charge in [-0.1, -0.05) is 19.3 Å². The van der Waals surface area contributed by atoms with Gasteiger partial charge in [-0.25, -0.2) is 5.43 Å². The van der Waals surface area contributed by atoms with E-state index in [1.807, 2.05) is 20.8 Å². The molecule has 0 radical (unpaired) electrons. The van der Waals surface area contributed by atoms with Crippen LogP contribution in [-0.4, -0.2) is 23.2 Å². The first kappa shape index (κ1) is 13.3. The minimum atomic E-state index is -1.15. The third-order valence-corrected chi connectivity index (χ3v) is 3.12. The molecule has 0 aromatic heterocycles. The van der Waals surface area contributed by atoms with E-state index in [1.165, 1.54) is 37.1 Å². The molecule has 1 N–H and O–H groups in total. The first-order valence-corrected chi connectivity index (χ1v) is 6.16. The monoisotopic (exact) mass is 227 g/mol. The average Bonchev–Trinajstić information content (AvgIpc) is 2.17. The van der Waals surface area contributed by atoms with Crippen LogP contribution in [0.5, 0.6) is 0 Å². The highest BCUT2D eigenvalue weighted by molar-refractivity contribution is 5.62. The van der Waals surface area contributed by atoms with E-state index in [0.29, 0.717) is 5.92 Å². The Hall–Kier alpha value is -0.770. The zero-order chi connectivity index (χ0) is 12.2. The largest absolute Gasteiger partial charge is 0.529 e. The number of carbonyl (C=O) groups is 1. The van der Waals surface area contributed by atoms with Crippen molar-refractivity contribution in [1.29, 1.82) is 0 Å². The molecule has 0 spiro atoms. The SMILES string of the molecule is CC(C)(C)N(NCC1CCCCC1)C(=O)[O-]. The molecule has 1 aliphatic rings. The van der Waals surface area contributed by atoms with Gasteiger partial charge in [0.25, 0.3) is 0 Å². The standard InChI is InChI=1S/C12H24N2O2/c1-12(2,3)14(11(15)16)13-9-10-7-5-4-6-8-10/h10,13H,4-9H2,1-3H3,(H,15,16)/p-1. The van der Waals surface area contributed by atoms with Crippen molar-refractivity contribution in [2.45, 2.75) is 58.4 Å². The van der Waals surface area contributed by atoms with Gasteiger partial charge in [0, 0.05) is 12.1 Å². The second-order valence-electron chi connectivity index (χ2n) is 5.64. The summed E-state index contributed by atoms with van der Waals surface area (Å²) in [5.74, 6) is 0.609. The number of hydrogen-bond acceptors (Lipinski definition) is 3. The third kappa shape index (κ3) is 4.00. The van der Waals surface area contributed by atoms with Crippen LogP contribution in [0.4, 0.5) is 4.79 Å². The zero-order valence-electron chi connectivity index (χ0n) is 10.6. The third-order valence-electron chi connectivity index (χ3n) is 3.12. The molecule has 0 aliphatic heterocycles. The van der Waals surface area contributed by atoms with Crippen LogP contribution in [0.25, 0.3) is 0 Å². The number of hydrogen-bond donors (Lipinski definition) is 1. The summed E-state index contributed by atoms with van der Waals surface area (Å²) in [5, 5.41) is 12.2. The summed E-state index contributed by atoms with van der Waals surface area (Å²) in [7, 11) is 0. The van der Waals surface area contributed by atoms with Gasteiger partial charge in [0.15, 0.2) is 6.09 Å². The lowest BCUT2D eigenvalue weighted by atomic mass is 9.89. The summed E-state index contributed by atoms with van der Waals surface area (Å²) in [6.07, 6.45) is 5.12. The maximum absolute atomic E-state index is 11.0. The van der Waals surface area contributed by atoms with Crippen molar-refractivity contribution in [3.8, 4) is 0 Å². The summed E-state index contributed by atoms with van der Waals surface area (Å²) >= 11 is 0. The highest BCUT2D eigenvalue weighted by atomic mass is 16.4. The van der Waals surface area contributed by atoms with E-state index in [-0.39, 0.29) is 0 Å². The van der Waals surface area contributed by atoms with Gasteiger partial charge >= 0.3 is 0 Å². The molecule has 1 aliphatic carbocycles. The summed E-state index contributed by atoms with van der Waals surface area (Å²) in [5.41, 5.74) is 2.55. The molecule has 0 aromatic rings. The molecule has 94 valence electrons.